The molecule has 0 bridgehead atoms. The van der Waals surface area contributed by atoms with Gasteiger partial charge in [0.05, 0.1) is 5.71 Å². The number of carbonyl (C=O) groups is 1. The summed E-state index contributed by atoms with van der Waals surface area (Å²) in [6.45, 7) is 2.44. The van der Waals surface area contributed by atoms with Crippen LogP contribution in [0.3, 0.4) is 0 Å². The Morgan fingerprint density at radius 1 is 1.24 bits per heavy atom. The lowest BCUT2D eigenvalue weighted by Crippen LogP contribution is -2.37. The maximum Gasteiger partial charge on any atom is 0.407 e. The van der Waals surface area contributed by atoms with Gasteiger partial charge in [0.1, 0.15) is 4.90 Å². The molecule has 2 rings (SSSR count). The Morgan fingerprint density at radius 3 is 2.33 bits per heavy atom. The lowest BCUT2D eigenvalue weighted by atomic mass is 10.1. The van der Waals surface area contributed by atoms with Gasteiger partial charge in [0, 0.05) is 25.9 Å². The zero-order valence-corrected chi connectivity index (χ0v) is 12.3. The van der Waals surface area contributed by atoms with Crippen LogP contribution in [0.4, 0.5) is 4.79 Å². The first kappa shape index (κ1) is 15.3. The maximum atomic E-state index is 11.9. The van der Waals surface area contributed by atoms with E-state index >= 15 is 0 Å². The number of rotatable bonds is 3. The van der Waals surface area contributed by atoms with Crippen LogP contribution in [-0.4, -0.2) is 43.3 Å². The molecule has 0 atom stereocenters. The smallest absolute Gasteiger partial charge is 0.407 e. The molecule has 1 amide bonds. The van der Waals surface area contributed by atoms with Gasteiger partial charge in [0.25, 0.3) is 0 Å². The number of aryl methyl sites for hydroxylation is 1. The van der Waals surface area contributed by atoms with Gasteiger partial charge in [-0.05, 0) is 19.1 Å². The van der Waals surface area contributed by atoms with Gasteiger partial charge in [-0.15, -0.1) is 0 Å². The minimum Gasteiger partial charge on any atom is -0.465 e. The molecule has 0 unspecified atom stereocenters. The van der Waals surface area contributed by atoms with Crippen molar-refractivity contribution in [2.75, 3.05) is 13.1 Å². The van der Waals surface area contributed by atoms with Crippen LogP contribution in [-0.2, 0) is 14.4 Å². The van der Waals surface area contributed by atoms with Gasteiger partial charge in [-0.2, -0.15) is 8.42 Å². The number of hydrogen-bond acceptors (Lipinski definition) is 5. The van der Waals surface area contributed by atoms with Crippen LogP contribution in [0.25, 0.3) is 0 Å². The quantitative estimate of drug-likeness (QED) is 0.859. The van der Waals surface area contributed by atoms with Crippen LogP contribution in [0, 0.1) is 6.92 Å². The zero-order valence-electron chi connectivity index (χ0n) is 11.5. The largest absolute Gasteiger partial charge is 0.465 e. The van der Waals surface area contributed by atoms with E-state index in [-0.39, 0.29) is 4.90 Å². The van der Waals surface area contributed by atoms with Crippen molar-refractivity contribution in [2.24, 2.45) is 5.16 Å². The molecule has 1 saturated heterocycles. The van der Waals surface area contributed by atoms with Crippen molar-refractivity contribution >= 4 is 21.9 Å². The molecular weight excluding hydrogens is 296 g/mol. The van der Waals surface area contributed by atoms with E-state index in [2.05, 4.69) is 9.44 Å². The third-order valence-electron chi connectivity index (χ3n) is 3.19. The number of amides is 1. The van der Waals surface area contributed by atoms with Crippen LogP contribution < -0.4 is 0 Å². The highest BCUT2D eigenvalue weighted by Gasteiger charge is 2.21. The fourth-order valence-electron chi connectivity index (χ4n) is 1.90. The number of oxime groups is 1. The highest BCUT2D eigenvalue weighted by atomic mass is 32.2. The molecule has 1 fully saturated rings. The molecule has 1 aromatic carbocycles. The van der Waals surface area contributed by atoms with Crippen molar-refractivity contribution in [2.45, 2.75) is 24.7 Å². The van der Waals surface area contributed by atoms with Gasteiger partial charge in [0.2, 0.25) is 0 Å². The number of benzene rings is 1. The molecule has 0 aliphatic carbocycles. The Morgan fingerprint density at radius 2 is 1.81 bits per heavy atom. The Labute approximate surface area is 122 Å². The second kappa shape index (κ2) is 6.13. The van der Waals surface area contributed by atoms with Gasteiger partial charge < -0.3 is 10.0 Å². The van der Waals surface area contributed by atoms with Crippen LogP contribution in [0.15, 0.2) is 34.3 Å². The monoisotopic (exact) mass is 312 g/mol. The van der Waals surface area contributed by atoms with E-state index in [1.165, 1.54) is 17.0 Å². The van der Waals surface area contributed by atoms with Gasteiger partial charge >= 0.3 is 16.2 Å². The molecule has 1 aliphatic rings. The van der Waals surface area contributed by atoms with Crippen LogP contribution >= 0.6 is 0 Å². The Bertz CT molecular complexity index is 642. The minimum absolute atomic E-state index is 0.0421. The molecule has 1 aliphatic heterocycles. The summed E-state index contributed by atoms with van der Waals surface area (Å²) in [6, 6.07) is 6.26. The maximum absolute atomic E-state index is 11.9. The predicted octanol–water partition coefficient (Wildman–Crippen LogP) is 1.83. The summed E-state index contributed by atoms with van der Waals surface area (Å²) in [5, 5.41) is 12.5. The Hall–Kier alpha value is -2.09. The molecule has 114 valence electrons. The first-order valence-corrected chi connectivity index (χ1v) is 7.83. The molecule has 1 N–H and O–H groups in total. The number of likely N-dealkylation sites (tertiary alicyclic amines) is 1. The molecule has 21 heavy (non-hydrogen) atoms. The number of carboxylic acid groups (broad SMARTS) is 1. The van der Waals surface area contributed by atoms with Crippen LogP contribution in [0.2, 0.25) is 0 Å². The van der Waals surface area contributed by atoms with Crippen molar-refractivity contribution in [3.8, 4) is 0 Å². The summed E-state index contributed by atoms with van der Waals surface area (Å²) in [5.41, 5.74) is 1.49. The second-order valence-electron chi connectivity index (χ2n) is 4.77. The summed E-state index contributed by atoms with van der Waals surface area (Å²) in [5.74, 6) is 0. The highest BCUT2D eigenvalue weighted by Crippen LogP contribution is 2.15. The zero-order chi connectivity index (χ0) is 15.5. The van der Waals surface area contributed by atoms with Crippen molar-refractivity contribution in [3.05, 3.63) is 29.8 Å². The second-order valence-corrected chi connectivity index (χ2v) is 6.30. The van der Waals surface area contributed by atoms with E-state index in [1.807, 2.05) is 6.92 Å². The van der Waals surface area contributed by atoms with Gasteiger partial charge in [-0.25, -0.2) is 4.79 Å². The first-order valence-electron chi connectivity index (χ1n) is 6.42. The van der Waals surface area contributed by atoms with Crippen molar-refractivity contribution in [3.63, 3.8) is 0 Å². The van der Waals surface area contributed by atoms with Gasteiger partial charge in [0.15, 0.2) is 0 Å². The van der Waals surface area contributed by atoms with E-state index < -0.39 is 16.2 Å². The SMILES string of the molecule is Cc1ccc(S(=O)(=O)ON=C2CCN(C(=O)O)CC2)cc1. The summed E-state index contributed by atoms with van der Waals surface area (Å²) in [7, 11) is -3.92. The van der Waals surface area contributed by atoms with E-state index in [4.69, 9.17) is 5.11 Å². The summed E-state index contributed by atoms with van der Waals surface area (Å²) < 4.78 is 28.5. The molecule has 0 radical (unpaired) electrons. The standard InChI is InChI=1S/C13H16N2O5S/c1-10-2-4-12(5-3-10)21(18,19)20-14-11-6-8-15(9-7-11)13(16)17/h2-5H,6-9H2,1H3,(H,16,17). The van der Waals surface area contributed by atoms with Crippen molar-refractivity contribution in [1.29, 1.82) is 0 Å². The lowest BCUT2D eigenvalue weighted by molar-refractivity contribution is 0.144. The van der Waals surface area contributed by atoms with Crippen LogP contribution in [0.1, 0.15) is 18.4 Å². The third-order valence-corrected chi connectivity index (χ3v) is 4.31. The molecule has 7 nitrogen and oxygen atoms in total. The summed E-state index contributed by atoms with van der Waals surface area (Å²) in [4.78, 5) is 12.0. The van der Waals surface area contributed by atoms with E-state index in [1.54, 1.807) is 12.1 Å². The average Bonchev–Trinajstić information content (AvgIpc) is 2.46. The average molecular weight is 312 g/mol. The summed E-state index contributed by atoms with van der Waals surface area (Å²) in [6.07, 6.45) is -0.243. The predicted molar refractivity (Wildman–Crippen MR) is 75.7 cm³/mol. The Kier molecular flexibility index (Phi) is 4.46. The molecule has 1 aromatic rings. The van der Waals surface area contributed by atoms with Crippen molar-refractivity contribution < 1.29 is 22.6 Å². The number of nitrogens with zero attached hydrogens (tertiary/aromatic N) is 2. The molecule has 0 saturated carbocycles. The van der Waals surface area contributed by atoms with E-state index in [0.29, 0.717) is 31.6 Å². The molecular formula is C13H16N2O5S. The number of piperidine rings is 1. The normalized spacial score (nSPS) is 15.7. The van der Waals surface area contributed by atoms with E-state index in [9.17, 15) is 13.2 Å². The highest BCUT2D eigenvalue weighted by molar-refractivity contribution is 7.86. The van der Waals surface area contributed by atoms with Gasteiger partial charge in [-0.1, -0.05) is 22.9 Å². The fraction of sp³-hybridized carbons (Fsp3) is 0.385. The topological polar surface area (TPSA) is 96.3 Å². The molecule has 8 heteroatoms. The molecule has 0 spiro atoms. The van der Waals surface area contributed by atoms with E-state index in [0.717, 1.165) is 5.56 Å². The number of hydrogen-bond donors (Lipinski definition) is 1. The Balaban J connectivity index is 2.00. The minimum atomic E-state index is -3.92. The van der Waals surface area contributed by atoms with Crippen molar-refractivity contribution in [1.82, 2.24) is 4.90 Å². The summed E-state index contributed by atoms with van der Waals surface area (Å²) >= 11 is 0. The van der Waals surface area contributed by atoms with Gasteiger partial charge in [-0.3, -0.25) is 4.28 Å². The van der Waals surface area contributed by atoms with Crippen LogP contribution in [0.5, 0.6) is 0 Å². The fourth-order valence-corrected chi connectivity index (χ4v) is 2.66. The molecule has 1 heterocycles. The third kappa shape index (κ3) is 3.94. The lowest BCUT2D eigenvalue weighted by Gasteiger charge is -2.24. The molecule has 0 aromatic heterocycles. The first-order chi connectivity index (χ1) is 9.88.